The van der Waals surface area contributed by atoms with E-state index in [0.717, 1.165) is 68.9 Å². The topological polar surface area (TPSA) is 85.4 Å². The summed E-state index contributed by atoms with van der Waals surface area (Å²) in [5, 5.41) is 7.25. The lowest BCUT2D eigenvalue weighted by Crippen LogP contribution is -2.24. The fourth-order valence-corrected chi connectivity index (χ4v) is 4.66. The molecule has 0 radical (unpaired) electrons. The predicted molar refractivity (Wildman–Crippen MR) is 131 cm³/mol. The zero-order valence-electron chi connectivity index (χ0n) is 19.5. The van der Waals surface area contributed by atoms with Crippen LogP contribution in [0.3, 0.4) is 0 Å². The monoisotopic (exact) mass is 465 g/mol. The molecule has 8 heteroatoms. The molecule has 3 N–H and O–H groups in total. The fourth-order valence-electron chi connectivity index (χ4n) is 4.66. The molecule has 1 atom stereocenters. The van der Waals surface area contributed by atoms with Crippen molar-refractivity contribution in [3.05, 3.63) is 77.2 Å². The molecule has 7 nitrogen and oxygen atoms in total. The number of urea groups is 1. The summed E-state index contributed by atoms with van der Waals surface area (Å²) in [7, 11) is 1.73. The zero-order valence-corrected chi connectivity index (χ0v) is 19.5. The minimum Gasteiger partial charge on any atom is -0.383 e. The van der Waals surface area contributed by atoms with E-state index in [-0.39, 0.29) is 5.82 Å². The lowest BCUT2D eigenvalue weighted by molar-refractivity contribution is 0.160. The van der Waals surface area contributed by atoms with E-state index < -0.39 is 6.03 Å². The third kappa shape index (κ3) is 5.81. The van der Waals surface area contributed by atoms with Crippen LogP contribution in [0, 0.1) is 5.82 Å². The molecule has 0 saturated carbocycles. The fraction of sp³-hybridized carbons (Fsp3) is 0.385. The number of para-hydroxylation sites is 1. The maximum absolute atomic E-state index is 12.8. The second-order valence-corrected chi connectivity index (χ2v) is 8.69. The first-order valence-corrected chi connectivity index (χ1v) is 11.7. The van der Waals surface area contributed by atoms with E-state index in [2.05, 4.69) is 15.3 Å². The second-order valence-electron chi connectivity index (χ2n) is 8.69. The molecular weight excluding hydrogens is 433 g/mol. The Kier molecular flexibility index (Phi) is 7.92. The lowest BCUT2D eigenvalue weighted by atomic mass is 9.99. The van der Waals surface area contributed by atoms with Crippen LogP contribution in [0.4, 0.5) is 15.0 Å². The number of rotatable bonds is 6. The molecule has 1 saturated heterocycles. The highest BCUT2D eigenvalue weighted by atomic mass is 19.1. The molecule has 1 unspecified atom stereocenters. The molecule has 1 aliphatic carbocycles. The molecule has 1 aliphatic heterocycles. The number of ether oxygens (including phenoxy) is 1. The van der Waals surface area contributed by atoms with Gasteiger partial charge in [-0.1, -0.05) is 30.3 Å². The maximum Gasteiger partial charge on any atom is 0.317 e. The number of methoxy groups -OCH3 is 1. The van der Waals surface area contributed by atoms with Gasteiger partial charge in [0.25, 0.3) is 0 Å². The summed E-state index contributed by atoms with van der Waals surface area (Å²) in [6, 6.07) is 16.1. The van der Waals surface area contributed by atoms with Gasteiger partial charge in [-0.15, -0.1) is 0 Å². The van der Waals surface area contributed by atoms with Crippen molar-refractivity contribution in [2.75, 3.05) is 38.7 Å². The van der Waals surface area contributed by atoms with Crippen molar-refractivity contribution in [3.8, 4) is 5.69 Å². The largest absolute Gasteiger partial charge is 0.383 e. The van der Waals surface area contributed by atoms with Crippen molar-refractivity contribution in [1.82, 2.24) is 14.7 Å². The molecule has 2 aliphatic rings. The molecule has 5 rings (SSSR count). The van der Waals surface area contributed by atoms with Gasteiger partial charge in [0, 0.05) is 25.8 Å². The first kappa shape index (κ1) is 23.9. The van der Waals surface area contributed by atoms with Gasteiger partial charge in [0.2, 0.25) is 0 Å². The Balaban J connectivity index is 0.000000162. The van der Waals surface area contributed by atoms with Crippen molar-refractivity contribution in [1.29, 1.82) is 0 Å². The van der Waals surface area contributed by atoms with Gasteiger partial charge in [-0.25, -0.2) is 13.9 Å². The first-order chi connectivity index (χ1) is 16.5. The van der Waals surface area contributed by atoms with Crippen LogP contribution in [0.2, 0.25) is 0 Å². The van der Waals surface area contributed by atoms with Crippen LogP contribution in [-0.2, 0) is 17.6 Å². The lowest BCUT2D eigenvalue weighted by Gasteiger charge is -2.15. The predicted octanol–water partition coefficient (Wildman–Crippen LogP) is 4.11. The number of carbonyl (C=O) groups is 1. The van der Waals surface area contributed by atoms with Crippen molar-refractivity contribution in [2.45, 2.75) is 31.6 Å². The van der Waals surface area contributed by atoms with E-state index in [4.69, 9.17) is 10.5 Å². The Morgan fingerprint density at radius 1 is 1.18 bits per heavy atom. The average molecular weight is 466 g/mol. The Morgan fingerprint density at radius 2 is 1.94 bits per heavy atom. The molecule has 1 aromatic heterocycles. The van der Waals surface area contributed by atoms with Crippen molar-refractivity contribution in [3.63, 3.8) is 0 Å². The second kappa shape index (κ2) is 11.3. The Bertz CT molecular complexity index is 1080. The van der Waals surface area contributed by atoms with Gasteiger partial charge in [-0.3, -0.25) is 5.32 Å². The first-order valence-electron chi connectivity index (χ1n) is 11.7. The number of primary amides is 1. The molecule has 34 heavy (non-hydrogen) atoms. The molecular formula is C26H32FN5O2. The normalized spacial score (nSPS) is 17.2. The third-order valence-corrected chi connectivity index (χ3v) is 6.37. The van der Waals surface area contributed by atoms with E-state index in [1.54, 1.807) is 23.9 Å². The number of anilines is 1. The number of fused-ring (bicyclic) bond motifs is 1. The van der Waals surface area contributed by atoms with Gasteiger partial charge in [0.05, 0.1) is 18.0 Å². The number of hydrogen-bond acceptors (Lipinski definition) is 4. The van der Waals surface area contributed by atoms with E-state index in [9.17, 15) is 9.18 Å². The van der Waals surface area contributed by atoms with Crippen LogP contribution < -0.4 is 11.1 Å². The summed E-state index contributed by atoms with van der Waals surface area (Å²) >= 11 is 0. The number of aryl methyl sites for hydroxylation is 1. The molecule has 2 amide bonds. The van der Waals surface area contributed by atoms with E-state index in [1.807, 2.05) is 42.5 Å². The molecule has 2 heterocycles. The molecule has 3 aromatic rings. The van der Waals surface area contributed by atoms with Crippen LogP contribution in [0.1, 0.15) is 35.6 Å². The number of nitrogens with zero attached hydrogens (tertiary/aromatic N) is 3. The van der Waals surface area contributed by atoms with Crippen molar-refractivity contribution < 1.29 is 13.9 Å². The smallest absolute Gasteiger partial charge is 0.317 e. The number of nitrogens with one attached hydrogen (secondary N) is 1. The number of aromatic nitrogens is 2. The van der Waals surface area contributed by atoms with Crippen LogP contribution in [0.25, 0.3) is 5.69 Å². The summed E-state index contributed by atoms with van der Waals surface area (Å²) in [5.41, 5.74) is 9.58. The highest BCUT2D eigenvalue weighted by Crippen LogP contribution is 2.30. The number of halogens is 1. The SMILES string of the molecule is COCCN1CCC(c2ccc(F)cc2)C1.NC(=O)Nc1c2c(nn1-c1ccccc1)CCC2. The Morgan fingerprint density at radius 3 is 2.65 bits per heavy atom. The molecule has 1 fully saturated rings. The number of amides is 2. The summed E-state index contributed by atoms with van der Waals surface area (Å²) < 4.78 is 19.6. The standard InChI is InChI=1S/C13H18FNO.C13H14N4O/c1-16-9-8-15-7-6-12(10-15)11-2-4-13(14)5-3-11;14-13(18)15-12-10-7-4-8-11(10)16-17(12)9-5-2-1-3-6-9/h2-5,12H,6-10H2,1H3;1-3,5-6H,4,7-8H2,(H3,14,15,18). The summed E-state index contributed by atoms with van der Waals surface area (Å²) in [6.45, 7) is 3.96. The summed E-state index contributed by atoms with van der Waals surface area (Å²) in [6.07, 6.45) is 4.15. The Labute approximate surface area is 199 Å². The van der Waals surface area contributed by atoms with Crippen molar-refractivity contribution >= 4 is 11.8 Å². The van der Waals surface area contributed by atoms with E-state index >= 15 is 0 Å². The van der Waals surface area contributed by atoms with Gasteiger partial charge >= 0.3 is 6.03 Å². The maximum atomic E-state index is 12.8. The highest BCUT2D eigenvalue weighted by Gasteiger charge is 2.24. The molecule has 2 aromatic carbocycles. The number of hydrogen-bond donors (Lipinski definition) is 2. The molecule has 180 valence electrons. The van der Waals surface area contributed by atoms with Gasteiger partial charge in [0.1, 0.15) is 11.6 Å². The number of benzene rings is 2. The molecule has 0 bridgehead atoms. The van der Waals surface area contributed by atoms with Crippen LogP contribution in [0.15, 0.2) is 54.6 Å². The van der Waals surface area contributed by atoms with Crippen LogP contribution in [0.5, 0.6) is 0 Å². The minimum atomic E-state index is -0.554. The van der Waals surface area contributed by atoms with Crippen molar-refractivity contribution in [2.24, 2.45) is 5.73 Å². The quantitative estimate of drug-likeness (QED) is 0.574. The van der Waals surface area contributed by atoms with Crippen LogP contribution >= 0.6 is 0 Å². The number of likely N-dealkylation sites (tertiary alicyclic amines) is 1. The summed E-state index contributed by atoms with van der Waals surface area (Å²) in [4.78, 5) is 13.5. The number of carbonyl (C=O) groups excluding carboxylic acids is 1. The Hall–Kier alpha value is -3.23. The minimum absolute atomic E-state index is 0.155. The van der Waals surface area contributed by atoms with Gasteiger partial charge in [-0.2, -0.15) is 5.10 Å². The number of nitrogens with two attached hydrogens (primary N) is 1. The van der Waals surface area contributed by atoms with Gasteiger partial charge < -0.3 is 15.4 Å². The van der Waals surface area contributed by atoms with E-state index in [1.165, 1.54) is 5.56 Å². The molecule has 0 spiro atoms. The van der Waals surface area contributed by atoms with Gasteiger partial charge in [0.15, 0.2) is 0 Å². The average Bonchev–Trinajstić information content (AvgIpc) is 3.57. The van der Waals surface area contributed by atoms with Gasteiger partial charge in [-0.05, 0) is 68.0 Å². The van der Waals surface area contributed by atoms with Crippen LogP contribution in [-0.4, -0.2) is 54.1 Å². The summed E-state index contributed by atoms with van der Waals surface area (Å²) in [5.74, 6) is 1.11. The van der Waals surface area contributed by atoms with E-state index in [0.29, 0.717) is 11.7 Å². The third-order valence-electron chi connectivity index (χ3n) is 6.37. The zero-order chi connectivity index (χ0) is 23.9. The highest BCUT2D eigenvalue weighted by molar-refractivity contribution is 5.88.